The number of halogens is 3. The van der Waals surface area contributed by atoms with Crippen LogP contribution in [0.1, 0.15) is 25.7 Å². The molecule has 3 unspecified atom stereocenters. The summed E-state index contributed by atoms with van der Waals surface area (Å²) in [5, 5.41) is 7.17. The Morgan fingerprint density at radius 3 is 2.31 bits per heavy atom. The standard InChI is InChI=1S/C11H15F3N2/c12-11(13,14)10(16)9(5-15)8-4-6-1-2-7(8)3-6/h5-8,16H,1-4,15H2/b9-5-,16-10?. The van der Waals surface area contributed by atoms with E-state index < -0.39 is 11.9 Å². The molecule has 0 spiro atoms. The summed E-state index contributed by atoms with van der Waals surface area (Å²) in [5.74, 6) is 0.714. The van der Waals surface area contributed by atoms with Gasteiger partial charge in [-0.2, -0.15) is 13.2 Å². The lowest BCUT2D eigenvalue weighted by Gasteiger charge is -2.25. The largest absolute Gasteiger partial charge is 0.432 e. The molecule has 0 saturated heterocycles. The monoisotopic (exact) mass is 232 g/mol. The fraction of sp³-hybridized carbons (Fsp3) is 0.727. The van der Waals surface area contributed by atoms with E-state index in [0.29, 0.717) is 11.8 Å². The number of rotatable bonds is 2. The Kier molecular flexibility index (Phi) is 2.72. The highest BCUT2D eigenvalue weighted by Gasteiger charge is 2.46. The Morgan fingerprint density at radius 1 is 1.25 bits per heavy atom. The molecule has 0 aromatic carbocycles. The summed E-state index contributed by atoms with van der Waals surface area (Å²) >= 11 is 0. The van der Waals surface area contributed by atoms with Crippen molar-refractivity contribution < 1.29 is 13.2 Å². The van der Waals surface area contributed by atoms with Crippen LogP contribution >= 0.6 is 0 Å². The lowest BCUT2D eigenvalue weighted by Crippen LogP contribution is -2.30. The highest BCUT2D eigenvalue weighted by molar-refractivity contribution is 6.02. The molecule has 5 heteroatoms. The molecule has 3 atom stereocenters. The molecule has 0 amide bonds. The van der Waals surface area contributed by atoms with Gasteiger partial charge in [-0.15, -0.1) is 0 Å². The van der Waals surface area contributed by atoms with Gasteiger partial charge < -0.3 is 5.73 Å². The number of nitrogens with two attached hydrogens (primary N) is 1. The van der Waals surface area contributed by atoms with Crippen LogP contribution in [0, 0.1) is 23.2 Å². The van der Waals surface area contributed by atoms with Crippen LogP contribution < -0.4 is 5.73 Å². The zero-order valence-electron chi connectivity index (χ0n) is 8.85. The maximum atomic E-state index is 12.5. The fourth-order valence-electron chi connectivity index (χ4n) is 3.18. The smallest absolute Gasteiger partial charge is 0.404 e. The number of fused-ring (bicyclic) bond motifs is 2. The molecule has 0 heterocycles. The summed E-state index contributed by atoms with van der Waals surface area (Å²) in [7, 11) is 0. The SMILES string of the molecule is N=C(/C(=C\N)C1CC2CCC1C2)C(F)(F)F. The fourth-order valence-corrected chi connectivity index (χ4v) is 3.18. The summed E-state index contributed by atoms with van der Waals surface area (Å²) < 4.78 is 37.4. The van der Waals surface area contributed by atoms with Crippen LogP contribution in [0.4, 0.5) is 13.2 Å². The first-order valence-corrected chi connectivity index (χ1v) is 5.51. The molecule has 2 bridgehead atoms. The van der Waals surface area contributed by atoms with E-state index in [-0.39, 0.29) is 11.5 Å². The summed E-state index contributed by atoms with van der Waals surface area (Å²) in [6, 6.07) is 0. The van der Waals surface area contributed by atoms with E-state index in [0.717, 1.165) is 31.9 Å². The minimum absolute atomic E-state index is 0.000278. The van der Waals surface area contributed by atoms with Crippen molar-refractivity contribution in [2.75, 3.05) is 0 Å². The molecule has 90 valence electrons. The van der Waals surface area contributed by atoms with Crippen molar-refractivity contribution in [3.8, 4) is 0 Å². The van der Waals surface area contributed by atoms with E-state index in [2.05, 4.69) is 0 Å². The maximum absolute atomic E-state index is 12.5. The van der Waals surface area contributed by atoms with Crippen LogP contribution in [-0.4, -0.2) is 11.9 Å². The predicted octanol–water partition coefficient (Wildman–Crippen LogP) is 2.85. The lowest BCUT2D eigenvalue weighted by atomic mass is 9.81. The first kappa shape index (κ1) is 11.5. The zero-order chi connectivity index (χ0) is 11.9. The van der Waals surface area contributed by atoms with E-state index in [4.69, 9.17) is 11.1 Å². The number of allylic oxidation sites excluding steroid dienone is 1. The van der Waals surface area contributed by atoms with Crippen LogP contribution in [0.25, 0.3) is 0 Å². The van der Waals surface area contributed by atoms with Crippen LogP contribution in [-0.2, 0) is 0 Å². The van der Waals surface area contributed by atoms with Gasteiger partial charge in [-0.3, -0.25) is 5.41 Å². The topological polar surface area (TPSA) is 49.9 Å². The Labute approximate surface area is 92.2 Å². The molecule has 16 heavy (non-hydrogen) atoms. The highest BCUT2D eigenvalue weighted by atomic mass is 19.4. The molecule has 2 aliphatic carbocycles. The number of nitrogens with one attached hydrogen (secondary N) is 1. The van der Waals surface area contributed by atoms with Crippen molar-refractivity contribution in [2.45, 2.75) is 31.9 Å². The Hall–Kier alpha value is -1.00. The van der Waals surface area contributed by atoms with Gasteiger partial charge in [0.25, 0.3) is 0 Å². The second-order valence-electron chi connectivity index (χ2n) is 4.78. The zero-order valence-corrected chi connectivity index (χ0v) is 8.85. The average Bonchev–Trinajstić information content (AvgIpc) is 2.78. The lowest BCUT2D eigenvalue weighted by molar-refractivity contribution is -0.0595. The molecular weight excluding hydrogens is 217 g/mol. The van der Waals surface area contributed by atoms with Crippen molar-refractivity contribution in [3.05, 3.63) is 11.8 Å². The van der Waals surface area contributed by atoms with Crippen LogP contribution in [0.3, 0.4) is 0 Å². The molecule has 2 fully saturated rings. The summed E-state index contributed by atoms with van der Waals surface area (Å²) in [6.45, 7) is 0. The molecule has 2 rings (SSSR count). The van der Waals surface area contributed by atoms with Crippen LogP contribution in [0.2, 0.25) is 0 Å². The van der Waals surface area contributed by atoms with Gasteiger partial charge in [0.2, 0.25) is 0 Å². The molecule has 3 N–H and O–H groups in total. The molecule has 2 nitrogen and oxygen atoms in total. The van der Waals surface area contributed by atoms with Gasteiger partial charge in [0.1, 0.15) is 5.71 Å². The van der Waals surface area contributed by atoms with Crippen molar-refractivity contribution in [1.29, 1.82) is 5.41 Å². The maximum Gasteiger partial charge on any atom is 0.432 e. The first-order chi connectivity index (χ1) is 7.43. The highest BCUT2D eigenvalue weighted by Crippen LogP contribution is 2.51. The van der Waals surface area contributed by atoms with E-state index in [1.165, 1.54) is 0 Å². The summed E-state index contributed by atoms with van der Waals surface area (Å²) in [4.78, 5) is 0. The van der Waals surface area contributed by atoms with Gasteiger partial charge in [-0.05, 0) is 43.2 Å². The van der Waals surface area contributed by atoms with Gasteiger partial charge in [-0.25, -0.2) is 0 Å². The predicted molar refractivity (Wildman–Crippen MR) is 55.0 cm³/mol. The van der Waals surface area contributed by atoms with E-state index >= 15 is 0 Å². The molecule has 0 aromatic heterocycles. The third-order valence-electron chi connectivity index (χ3n) is 3.89. The first-order valence-electron chi connectivity index (χ1n) is 5.51. The summed E-state index contributed by atoms with van der Waals surface area (Å²) in [5.41, 5.74) is 4.02. The van der Waals surface area contributed by atoms with Crippen molar-refractivity contribution in [3.63, 3.8) is 0 Å². The van der Waals surface area contributed by atoms with Gasteiger partial charge in [0.15, 0.2) is 0 Å². The third-order valence-corrected chi connectivity index (χ3v) is 3.89. The Bertz CT molecular complexity index is 333. The third kappa shape index (κ3) is 1.83. The van der Waals surface area contributed by atoms with Gasteiger partial charge in [0.05, 0.1) is 0 Å². The summed E-state index contributed by atoms with van der Waals surface area (Å²) in [6.07, 6.45) is 0.295. The van der Waals surface area contributed by atoms with Crippen LogP contribution in [0.15, 0.2) is 11.8 Å². The second kappa shape index (κ2) is 3.79. The quantitative estimate of drug-likeness (QED) is 0.707. The van der Waals surface area contributed by atoms with Crippen LogP contribution in [0.5, 0.6) is 0 Å². The second-order valence-corrected chi connectivity index (χ2v) is 4.78. The molecular formula is C11H15F3N2. The number of alkyl halides is 3. The van der Waals surface area contributed by atoms with Crippen molar-refractivity contribution >= 4 is 5.71 Å². The van der Waals surface area contributed by atoms with E-state index in [9.17, 15) is 13.2 Å². The molecule has 2 saturated carbocycles. The van der Waals surface area contributed by atoms with E-state index in [1.54, 1.807) is 0 Å². The minimum atomic E-state index is -4.58. The van der Waals surface area contributed by atoms with Crippen molar-refractivity contribution in [2.24, 2.45) is 23.5 Å². The molecule has 2 aliphatic rings. The molecule has 0 aromatic rings. The minimum Gasteiger partial charge on any atom is -0.404 e. The van der Waals surface area contributed by atoms with Gasteiger partial charge >= 0.3 is 6.18 Å². The van der Waals surface area contributed by atoms with E-state index in [1.807, 2.05) is 0 Å². The number of hydrogen-bond acceptors (Lipinski definition) is 2. The average molecular weight is 232 g/mol. The molecule has 0 aliphatic heterocycles. The van der Waals surface area contributed by atoms with Gasteiger partial charge in [0, 0.05) is 5.57 Å². The Balaban J connectivity index is 2.16. The number of hydrogen-bond donors (Lipinski definition) is 2. The normalized spacial score (nSPS) is 34.4. The molecule has 0 radical (unpaired) electrons. The van der Waals surface area contributed by atoms with Gasteiger partial charge in [-0.1, -0.05) is 6.42 Å². The van der Waals surface area contributed by atoms with Crippen molar-refractivity contribution in [1.82, 2.24) is 0 Å². The Morgan fingerprint density at radius 2 is 1.94 bits per heavy atom.